The largest absolute Gasteiger partial charge is 0.314 e. The van der Waals surface area contributed by atoms with Gasteiger partial charge in [-0.25, -0.2) is 0 Å². The summed E-state index contributed by atoms with van der Waals surface area (Å²) in [5, 5.41) is 3.35. The van der Waals surface area contributed by atoms with Gasteiger partial charge in [-0.2, -0.15) is 0 Å². The van der Waals surface area contributed by atoms with Gasteiger partial charge >= 0.3 is 0 Å². The molecule has 0 saturated carbocycles. The van der Waals surface area contributed by atoms with E-state index in [1.54, 1.807) is 4.90 Å². The number of carbonyl (C=O) groups is 1. The van der Waals surface area contributed by atoms with E-state index in [-0.39, 0.29) is 5.91 Å². The Morgan fingerprint density at radius 3 is 2.94 bits per heavy atom. The molecule has 1 aromatic rings. The summed E-state index contributed by atoms with van der Waals surface area (Å²) in [5.74, 6) is 0.163. The zero-order valence-corrected chi connectivity index (χ0v) is 11.5. The molecule has 1 unspecified atom stereocenters. The van der Waals surface area contributed by atoms with E-state index in [0.29, 0.717) is 12.5 Å². The third kappa shape index (κ3) is 3.07. The summed E-state index contributed by atoms with van der Waals surface area (Å²) in [5.41, 5.74) is 0.926. The Bertz CT molecular complexity index is 402. The molecule has 1 aliphatic heterocycles. The van der Waals surface area contributed by atoms with Crippen LogP contribution in [0.25, 0.3) is 0 Å². The number of rotatable bonds is 3. The molecule has 2 rings (SSSR count). The second-order valence-corrected chi connectivity index (χ2v) is 5.26. The van der Waals surface area contributed by atoms with Gasteiger partial charge in [0.05, 0.1) is 5.69 Å². The number of carbonyl (C=O) groups excluding carboxylic acids is 1. The highest BCUT2D eigenvalue weighted by molar-refractivity contribution is 9.10. The highest BCUT2D eigenvalue weighted by Gasteiger charge is 2.21. The summed E-state index contributed by atoms with van der Waals surface area (Å²) in [6, 6.07) is 8.14. The molecule has 1 N–H and O–H groups in total. The molecular formula is C13H17BrN2O. The predicted octanol–water partition coefficient (Wildman–Crippen LogP) is 2.55. The molecule has 0 aliphatic carbocycles. The van der Waals surface area contributed by atoms with Gasteiger partial charge in [0, 0.05) is 24.0 Å². The van der Waals surface area contributed by atoms with Gasteiger partial charge in [0.25, 0.3) is 0 Å². The Balaban J connectivity index is 2.01. The van der Waals surface area contributed by atoms with E-state index in [0.717, 1.165) is 23.1 Å². The van der Waals surface area contributed by atoms with Crippen LogP contribution in [0.4, 0.5) is 5.69 Å². The van der Waals surface area contributed by atoms with Gasteiger partial charge in [-0.3, -0.25) is 4.79 Å². The number of halogens is 1. The fourth-order valence-electron chi connectivity index (χ4n) is 2.14. The van der Waals surface area contributed by atoms with Crippen molar-refractivity contribution in [2.75, 3.05) is 18.5 Å². The van der Waals surface area contributed by atoms with Gasteiger partial charge < -0.3 is 10.2 Å². The Hall–Kier alpha value is -0.870. The maximum atomic E-state index is 12.1. The quantitative estimate of drug-likeness (QED) is 0.930. The summed E-state index contributed by atoms with van der Waals surface area (Å²) < 4.78 is 0.954. The normalized spacial score (nSPS) is 19.3. The lowest BCUT2D eigenvalue weighted by Gasteiger charge is -2.20. The monoisotopic (exact) mass is 296 g/mol. The van der Waals surface area contributed by atoms with Crippen molar-refractivity contribution in [3.63, 3.8) is 0 Å². The average molecular weight is 297 g/mol. The molecule has 0 radical (unpaired) electrons. The number of nitrogens with zero attached hydrogens (tertiary/aromatic N) is 1. The fourth-order valence-corrected chi connectivity index (χ4v) is 2.69. The van der Waals surface area contributed by atoms with Gasteiger partial charge in [-0.15, -0.1) is 0 Å². The number of hydrogen-bond acceptors (Lipinski definition) is 2. The first-order valence-corrected chi connectivity index (χ1v) is 6.72. The van der Waals surface area contributed by atoms with Crippen LogP contribution in [0.15, 0.2) is 28.7 Å². The average Bonchev–Trinajstić information content (AvgIpc) is 2.81. The Morgan fingerprint density at radius 1 is 1.53 bits per heavy atom. The minimum atomic E-state index is 0.163. The molecular weight excluding hydrogens is 280 g/mol. The third-order valence-corrected chi connectivity index (χ3v) is 3.84. The SMILES string of the molecule is CN(C(=O)CC1CCCN1)c1ccccc1Br. The highest BCUT2D eigenvalue weighted by Crippen LogP contribution is 2.25. The van der Waals surface area contributed by atoms with Crippen molar-refractivity contribution < 1.29 is 4.79 Å². The van der Waals surface area contributed by atoms with Gasteiger partial charge in [-0.05, 0) is 47.4 Å². The number of anilines is 1. The maximum absolute atomic E-state index is 12.1. The van der Waals surface area contributed by atoms with Crippen LogP contribution in [-0.4, -0.2) is 25.5 Å². The standard InChI is InChI=1S/C13H17BrN2O/c1-16(12-7-3-2-6-11(12)14)13(17)9-10-5-4-8-15-10/h2-3,6-7,10,15H,4-5,8-9H2,1H3. The lowest BCUT2D eigenvalue weighted by Crippen LogP contribution is -2.33. The van der Waals surface area contributed by atoms with Crippen LogP contribution in [-0.2, 0) is 4.79 Å². The zero-order valence-electron chi connectivity index (χ0n) is 9.95. The first kappa shape index (κ1) is 12.6. The molecule has 1 heterocycles. The molecule has 0 spiro atoms. The van der Waals surface area contributed by atoms with E-state index >= 15 is 0 Å². The van der Waals surface area contributed by atoms with E-state index < -0.39 is 0 Å². The summed E-state index contributed by atoms with van der Waals surface area (Å²) in [6.07, 6.45) is 2.87. The Kier molecular flexibility index (Phi) is 4.18. The van der Waals surface area contributed by atoms with Crippen molar-refractivity contribution in [3.8, 4) is 0 Å². The molecule has 1 atom stereocenters. The van der Waals surface area contributed by atoms with Crippen LogP contribution >= 0.6 is 15.9 Å². The molecule has 1 saturated heterocycles. The molecule has 3 nitrogen and oxygen atoms in total. The first-order valence-electron chi connectivity index (χ1n) is 5.93. The zero-order chi connectivity index (χ0) is 12.3. The second kappa shape index (κ2) is 5.65. The van der Waals surface area contributed by atoms with E-state index in [2.05, 4.69) is 21.2 Å². The second-order valence-electron chi connectivity index (χ2n) is 4.40. The molecule has 92 valence electrons. The summed E-state index contributed by atoms with van der Waals surface area (Å²) in [4.78, 5) is 13.8. The minimum absolute atomic E-state index is 0.163. The summed E-state index contributed by atoms with van der Waals surface area (Å²) >= 11 is 3.47. The van der Waals surface area contributed by atoms with Crippen molar-refractivity contribution in [1.29, 1.82) is 0 Å². The molecule has 17 heavy (non-hydrogen) atoms. The molecule has 1 amide bonds. The Morgan fingerprint density at radius 2 is 2.29 bits per heavy atom. The van der Waals surface area contributed by atoms with Crippen LogP contribution in [0.1, 0.15) is 19.3 Å². The summed E-state index contributed by atoms with van der Waals surface area (Å²) in [7, 11) is 1.83. The molecule has 4 heteroatoms. The predicted molar refractivity (Wildman–Crippen MR) is 73.2 cm³/mol. The highest BCUT2D eigenvalue weighted by atomic mass is 79.9. The topological polar surface area (TPSA) is 32.3 Å². The van der Waals surface area contributed by atoms with Crippen molar-refractivity contribution in [2.45, 2.75) is 25.3 Å². The van der Waals surface area contributed by atoms with Crippen LogP contribution in [0.5, 0.6) is 0 Å². The van der Waals surface area contributed by atoms with E-state index in [9.17, 15) is 4.79 Å². The molecule has 1 aromatic carbocycles. The van der Waals surface area contributed by atoms with Crippen LogP contribution < -0.4 is 10.2 Å². The number of benzene rings is 1. The van der Waals surface area contributed by atoms with Crippen molar-refractivity contribution in [1.82, 2.24) is 5.32 Å². The Labute approximate surface area is 110 Å². The third-order valence-electron chi connectivity index (χ3n) is 3.17. The van der Waals surface area contributed by atoms with Crippen molar-refractivity contribution in [3.05, 3.63) is 28.7 Å². The van der Waals surface area contributed by atoms with Crippen LogP contribution in [0.2, 0.25) is 0 Å². The fraction of sp³-hybridized carbons (Fsp3) is 0.462. The number of amides is 1. The maximum Gasteiger partial charge on any atom is 0.228 e. The lowest BCUT2D eigenvalue weighted by molar-refractivity contribution is -0.118. The van der Waals surface area contributed by atoms with Gasteiger partial charge in [0.1, 0.15) is 0 Å². The van der Waals surface area contributed by atoms with Crippen molar-refractivity contribution >= 4 is 27.5 Å². The first-order chi connectivity index (χ1) is 8.18. The van der Waals surface area contributed by atoms with E-state index in [4.69, 9.17) is 0 Å². The number of para-hydroxylation sites is 1. The lowest BCUT2D eigenvalue weighted by atomic mass is 10.1. The van der Waals surface area contributed by atoms with Gasteiger partial charge in [0.2, 0.25) is 5.91 Å². The molecule has 0 aromatic heterocycles. The van der Waals surface area contributed by atoms with Crippen LogP contribution in [0.3, 0.4) is 0 Å². The number of nitrogens with one attached hydrogen (secondary N) is 1. The molecule has 1 fully saturated rings. The van der Waals surface area contributed by atoms with Gasteiger partial charge in [0.15, 0.2) is 0 Å². The van der Waals surface area contributed by atoms with Crippen LogP contribution in [0, 0.1) is 0 Å². The van der Waals surface area contributed by atoms with Crippen molar-refractivity contribution in [2.24, 2.45) is 0 Å². The summed E-state index contributed by atoms with van der Waals surface area (Å²) in [6.45, 7) is 1.04. The number of hydrogen-bond donors (Lipinski definition) is 1. The molecule has 1 aliphatic rings. The van der Waals surface area contributed by atoms with E-state index in [1.165, 1.54) is 6.42 Å². The van der Waals surface area contributed by atoms with Gasteiger partial charge in [-0.1, -0.05) is 12.1 Å². The minimum Gasteiger partial charge on any atom is -0.314 e. The van der Waals surface area contributed by atoms with E-state index in [1.807, 2.05) is 31.3 Å². The molecule has 0 bridgehead atoms. The smallest absolute Gasteiger partial charge is 0.228 e.